The summed E-state index contributed by atoms with van der Waals surface area (Å²) < 4.78 is 24.4. The molecule has 0 bridgehead atoms. The van der Waals surface area contributed by atoms with E-state index in [1.165, 1.54) is 10.6 Å². The van der Waals surface area contributed by atoms with Gasteiger partial charge in [-0.3, -0.25) is 0 Å². The van der Waals surface area contributed by atoms with Crippen LogP contribution in [0.25, 0.3) is 0 Å². The van der Waals surface area contributed by atoms with E-state index in [2.05, 4.69) is 10.3 Å². The second kappa shape index (κ2) is 6.25. The molecule has 1 aromatic carbocycles. The van der Waals surface area contributed by atoms with Gasteiger partial charge in [0.05, 0.1) is 21.9 Å². The van der Waals surface area contributed by atoms with Crippen molar-refractivity contribution in [3.05, 3.63) is 46.4 Å². The molecule has 1 aliphatic rings. The summed E-state index contributed by atoms with van der Waals surface area (Å²) >= 11 is 1.70. The first-order valence-corrected chi connectivity index (χ1v) is 9.61. The summed E-state index contributed by atoms with van der Waals surface area (Å²) in [6, 6.07) is 9.01. The lowest BCUT2D eigenvalue weighted by atomic mass is 9.98. The summed E-state index contributed by atoms with van der Waals surface area (Å²) in [6.45, 7) is 0.496. The molecule has 6 heteroatoms. The topological polar surface area (TPSA) is 59.1 Å². The molecule has 4 nitrogen and oxygen atoms in total. The summed E-state index contributed by atoms with van der Waals surface area (Å²) in [6.07, 6.45) is 2.98. The first kappa shape index (κ1) is 14.7. The van der Waals surface area contributed by atoms with Crippen LogP contribution in [0, 0.1) is 0 Å². The third kappa shape index (κ3) is 3.51. The summed E-state index contributed by atoms with van der Waals surface area (Å²) in [5.41, 5.74) is 3.11. The molecule has 2 aromatic rings. The van der Waals surface area contributed by atoms with Crippen molar-refractivity contribution in [2.75, 3.05) is 12.3 Å². The largest absolute Gasteiger partial charge is 0.313 e. The smallest absolute Gasteiger partial charge is 0.179 e. The fourth-order valence-corrected chi connectivity index (χ4v) is 4.71. The monoisotopic (exact) mass is 322 g/mol. The second-order valence-electron chi connectivity index (χ2n) is 5.25. The SMILES string of the molecule is O=S(=O)(CCN[C@H]1CCc2ncsc2C1)c1ccccc1. The van der Waals surface area contributed by atoms with Gasteiger partial charge >= 0.3 is 0 Å². The molecule has 0 fully saturated rings. The van der Waals surface area contributed by atoms with Gasteiger partial charge in [-0.15, -0.1) is 11.3 Å². The van der Waals surface area contributed by atoms with Crippen LogP contribution < -0.4 is 5.32 Å². The van der Waals surface area contributed by atoms with Crippen molar-refractivity contribution in [2.24, 2.45) is 0 Å². The first-order valence-electron chi connectivity index (χ1n) is 7.07. The van der Waals surface area contributed by atoms with Crippen LogP contribution in [0.1, 0.15) is 17.0 Å². The molecular formula is C15H18N2O2S2. The molecule has 1 N–H and O–H groups in total. The quantitative estimate of drug-likeness (QED) is 0.915. The maximum absolute atomic E-state index is 12.2. The number of benzene rings is 1. The minimum absolute atomic E-state index is 0.142. The van der Waals surface area contributed by atoms with Crippen LogP contribution in [0.2, 0.25) is 0 Å². The zero-order chi connectivity index (χ0) is 14.7. The zero-order valence-electron chi connectivity index (χ0n) is 11.7. The van der Waals surface area contributed by atoms with Crippen LogP contribution in [-0.4, -0.2) is 31.7 Å². The van der Waals surface area contributed by atoms with E-state index >= 15 is 0 Å². The molecule has 0 spiro atoms. The highest BCUT2D eigenvalue weighted by molar-refractivity contribution is 7.91. The number of fused-ring (bicyclic) bond motifs is 1. The standard InChI is InChI=1S/C15H18N2O2S2/c18-21(19,13-4-2-1-3-5-13)9-8-16-12-6-7-14-15(10-12)20-11-17-14/h1-5,11-12,16H,6-10H2/t12-/m0/s1. The fraction of sp³-hybridized carbons (Fsp3) is 0.400. The van der Waals surface area contributed by atoms with Gasteiger partial charge in [0.2, 0.25) is 0 Å². The fourth-order valence-electron chi connectivity index (χ4n) is 2.62. The van der Waals surface area contributed by atoms with Crippen molar-refractivity contribution >= 4 is 21.2 Å². The van der Waals surface area contributed by atoms with Crippen LogP contribution >= 0.6 is 11.3 Å². The first-order chi connectivity index (χ1) is 10.1. The van der Waals surface area contributed by atoms with Gasteiger partial charge in [0.15, 0.2) is 9.84 Å². The van der Waals surface area contributed by atoms with E-state index in [4.69, 9.17) is 0 Å². The van der Waals surface area contributed by atoms with Crippen molar-refractivity contribution < 1.29 is 8.42 Å². The van der Waals surface area contributed by atoms with Crippen LogP contribution in [-0.2, 0) is 22.7 Å². The molecule has 1 aliphatic carbocycles. The van der Waals surface area contributed by atoms with Crippen molar-refractivity contribution in [1.82, 2.24) is 10.3 Å². The molecular weight excluding hydrogens is 304 g/mol. The number of sulfone groups is 1. The molecule has 112 valence electrons. The molecule has 3 rings (SSSR count). The Morgan fingerprint density at radius 3 is 2.90 bits per heavy atom. The molecule has 1 atom stereocenters. The Bertz CT molecular complexity index is 695. The van der Waals surface area contributed by atoms with Gasteiger partial charge < -0.3 is 5.32 Å². The highest BCUT2D eigenvalue weighted by Gasteiger charge is 2.21. The van der Waals surface area contributed by atoms with Gasteiger partial charge in [0.1, 0.15) is 0 Å². The predicted octanol–water partition coefficient (Wildman–Crippen LogP) is 2.06. The molecule has 1 aromatic heterocycles. The van der Waals surface area contributed by atoms with E-state index in [0.29, 0.717) is 17.5 Å². The van der Waals surface area contributed by atoms with E-state index in [1.54, 1.807) is 35.6 Å². The van der Waals surface area contributed by atoms with Gasteiger partial charge in [-0.25, -0.2) is 13.4 Å². The number of rotatable bonds is 5. The zero-order valence-corrected chi connectivity index (χ0v) is 13.3. The number of nitrogens with zero attached hydrogens (tertiary/aromatic N) is 1. The average Bonchev–Trinajstić information content (AvgIpc) is 2.95. The maximum atomic E-state index is 12.2. The van der Waals surface area contributed by atoms with Crippen LogP contribution in [0.5, 0.6) is 0 Å². The molecule has 1 heterocycles. The minimum atomic E-state index is -3.18. The summed E-state index contributed by atoms with van der Waals surface area (Å²) in [5.74, 6) is 0.142. The Kier molecular flexibility index (Phi) is 4.37. The Balaban J connectivity index is 1.53. The lowest BCUT2D eigenvalue weighted by molar-refractivity contribution is 0.470. The van der Waals surface area contributed by atoms with Gasteiger partial charge in [-0.05, 0) is 31.4 Å². The van der Waals surface area contributed by atoms with E-state index in [0.717, 1.165) is 19.3 Å². The minimum Gasteiger partial charge on any atom is -0.313 e. The van der Waals surface area contributed by atoms with Crippen molar-refractivity contribution in [1.29, 1.82) is 0 Å². The number of aromatic nitrogens is 1. The molecule has 0 saturated carbocycles. The van der Waals surface area contributed by atoms with Crippen LogP contribution in [0.4, 0.5) is 0 Å². The van der Waals surface area contributed by atoms with Gasteiger partial charge in [-0.2, -0.15) is 0 Å². The molecule has 0 aliphatic heterocycles. The van der Waals surface area contributed by atoms with Crippen LogP contribution in [0.3, 0.4) is 0 Å². The van der Waals surface area contributed by atoms with Crippen molar-refractivity contribution in [3.8, 4) is 0 Å². The Labute approximate surface area is 129 Å². The second-order valence-corrected chi connectivity index (χ2v) is 8.30. The summed E-state index contributed by atoms with van der Waals surface area (Å²) in [5, 5.41) is 3.38. The predicted molar refractivity (Wildman–Crippen MR) is 84.4 cm³/mol. The third-order valence-electron chi connectivity index (χ3n) is 3.79. The van der Waals surface area contributed by atoms with Gasteiger partial charge in [0.25, 0.3) is 0 Å². The molecule has 0 radical (unpaired) electrons. The summed E-state index contributed by atoms with van der Waals surface area (Å²) in [7, 11) is -3.18. The number of nitrogens with one attached hydrogen (secondary N) is 1. The number of hydrogen-bond acceptors (Lipinski definition) is 5. The molecule has 0 amide bonds. The highest BCUT2D eigenvalue weighted by atomic mass is 32.2. The van der Waals surface area contributed by atoms with Crippen LogP contribution in [0.15, 0.2) is 40.7 Å². The Morgan fingerprint density at radius 1 is 1.29 bits per heavy atom. The molecule has 21 heavy (non-hydrogen) atoms. The van der Waals surface area contributed by atoms with Gasteiger partial charge in [0, 0.05) is 17.5 Å². The number of aryl methyl sites for hydroxylation is 1. The van der Waals surface area contributed by atoms with Gasteiger partial charge in [-0.1, -0.05) is 18.2 Å². The maximum Gasteiger partial charge on any atom is 0.179 e. The third-order valence-corrected chi connectivity index (χ3v) is 6.42. The van der Waals surface area contributed by atoms with E-state index in [1.807, 2.05) is 11.6 Å². The average molecular weight is 322 g/mol. The normalized spacial score (nSPS) is 18.4. The lowest BCUT2D eigenvalue weighted by Crippen LogP contribution is -2.37. The Morgan fingerprint density at radius 2 is 2.10 bits per heavy atom. The Hall–Kier alpha value is -1.24. The lowest BCUT2D eigenvalue weighted by Gasteiger charge is -2.22. The van der Waals surface area contributed by atoms with E-state index in [-0.39, 0.29) is 5.75 Å². The summed E-state index contributed by atoms with van der Waals surface area (Å²) in [4.78, 5) is 6.09. The molecule has 0 unspecified atom stereocenters. The number of thiazole rings is 1. The van der Waals surface area contributed by atoms with E-state index < -0.39 is 9.84 Å². The van der Waals surface area contributed by atoms with Crippen molar-refractivity contribution in [2.45, 2.75) is 30.2 Å². The molecule has 0 saturated heterocycles. The number of hydrogen-bond donors (Lipinski definition) is 1. The highest BCUT2D eigenvalue weighted by Crippen LogP contribution is 2.23. The van der Waals surface area contributed by atoms with Crippen molar-refractivity contribution in [3.63, 3.8) is 0 Å². The van der Waals surface area contributed by atoms with E-state index in [9.17, 15) is 8.42 Å².